The number of hydrogen-bond donors (Lipinski definition) is 1. The van der Waals surface area contributed by atoms with E-state index in [0.29, 0.717) is 45.4 Å². The second kappa shape index (κ2) is 6.68. The SMILES string of the molecule is CS(=O)(=O)N1CCOC[C@@]2(C[C@@H](CNc3ncccn3)CO2)C1. The molecule has 8 nitrogen and oxygen atoms in total. The van der Waals surface area contributed by atoms with E-state index in [1.54, 1.807) is 18.5 Å². The number of nitrogens with one attached hydrogen (secondary N) is 1. The van der Waals surface area contributed by atoms with Gasteiger partial charge < -0.3 is 14.8 Å². The predicted octanol–water partition coefficient (Wildman–Crippen LogP) is -0.0444. The molecule has 2 atom stereocenters. The summed E-state index contributed by atoms with van der Waals surface area (Å²) in [6.45, 7) is 2.82. The third-order valence-corrected chi connectivity index (χ3v) is 5.43. The highest BCUT2D eigenvalue weighted by atomic mass is 32.2. The van der Waals surface area contributed by atoms with Gasteiger partial charge in [0.05, 0.1) is 26.1 Å². The van der Waals surface area contributed by atoms with Crippen molar-refractivity contribution in [1.82, 2.24) is 14.3 Å². The van der Waals surface area contributed by atoms with E-state index in [4.69, 9.17) is 9.47 Å². The Morgan fingerprint density at radius 2 is 2.22 bits per heavy atom. The van der Waals surface area contributed by atoms with Crippen molar-refractivity contribution in [2.75, 3.05) is 51.0 Å². The van der Waals surface area contributed by atoms with Crippen LogP contribution in [0.2, 0.25) is 0 Å². The quantitative estimate of drug-likeness (QED) is 0.820. The van der Waals surface area contributed by atoms with Gasteiger partial charge in [-0.25, -0.2) is 18.4 Å². The largest absolute Gasteiger partial charge is 0.377 e. The second-order valence-electron chi connectivity index (χ2n) is 6.17. The first-order chi connectivity index (χ1) is 11.0. The lowest BCUT2D eigenvalue weighted by atomic mass is 9.95. The minimum atomic E-state index is -3.25. The molecule has 1 aromatic rings. The number of ether oxygens (including phenoxy) is 2. The van der Waals surface area contributed by atoms with E-state index in [-0.39, 0.29) is 5.92 Å². The highest BCUT2D eigenvalue weighted by Crippen LogP contribution is 2.33. The van der Waals surface area contributed by atoms with Crippen molar-refractivity contribution in [3.8, 4) is 0 Å². The van der Waals surface area contributed by atoms with Crippen LogP contribution < -0.4 is 5.32 Å². The van der Waals surface area contributed by atoms with Crippen LogP contribution in [-0.2, 0) is 19.5 Å². The monoisotopic (exact) mass is 342 g/mol. The molecule has 2 saturated heterocycles. The van der Waals surface area contributed by atoms with Crippen LogP contribution in [-0.4, -0.2) is 74.0 Å². The molecular weight excluding hydrogens is 320 g/mol. The zero-order valence-corrected chi connectivity index (χ0v) is 14.0. The van der Waals surface area contributed by atoms with Crippen molar-refractivity contribution in [1.29, 1.82) is 0 Å². The molecule has 2 aliphatic rings. The highest BCUT2D eigenvalue weighted by molar-refractivity contribution is 7.88. The Kier molecular flexibility index (Phi) is 4.81. The third kappa shape index (κ3) is 4.17. The van der Waals surface area contributed by atoms with E-state index >= 15 is 0 Å². The molecule has 0 amide bonds. The molecule has 0 aromatic carbocycles. The summed E-state index contributed by atoms with van der Waals surface area (Å²) in [4.78, 5) is 8.26. The molecule has 9 heteroatoms. The van der Waals surface area contributed by atoms with Gasteiger partial charge in [-0.3, -0.25) is 0 Å². The van der Waals surface area contributed by atoms with Crippen LogP contribution in [0.5, 0.6) is 0 Å². The maximum absolute atomic E-state index is 11.9. The minimum absolute atomic E-state index is 0.266. The first kappa shape index (κ1) is 16.6. The number of hydrogen-bond acceptors (Lipinski definition) is 7. The molecule has 128 valence electrons. The Bertz CT molecular complexity index is 627. The average Bonchev–Trinajstić information content (AvgIpc) is 2.78. The average molecular weight is 342 g/mol. The normalized spacial score (nSPS) is 29.5. The summed E-state index contributed by atoms with van der Waals surface area (Å²) < 4.78 is 36.7. The van der Waals surface area contributed by atoms with E-state index in [1.165, 1.54) is 10.6 Å². The molecule has 1 N–H and O–H groups in total. The van der Waals surface area contributed by atoms with Gasteiger partial charge in [-0.1, -0.05) is 0 Å². The number of nitrogens with zero attached hydrogens (tertiary/aromatic N) is 3. The van der Waals surface area contributed by atoms with E-state index in [2.05, 4.69) is 15.3 Å². The first-order valence-corrected chi connectivity index (χ1v) is 9.49. The van der Waals surface area contributed by atoms with Crippen molar-refractivity contribution in [2.24, 2.45) is 5.92 Å². The van der Waals surface area contributed by atoms with Crippen LogP contribution >= 0.6 is 0 Å². The van der Waals surface area contributed by atoms with Gasteiger partial charge in [0.1, 0.15) is 5.60 Å². The summed E-state index contributed by atoms with van der Waals surface area (Å²) in [6, 6.07) is 1.77. The van der Waals surface area contributed by atoms with Crippen LogP contribution in [0.3, 0.4) is 0 Å². The third-order valence-electron chi connectivity index (χ3n) is 4.18. The molecule has 0 radical (unpaired) electrons. The molecule has 0 bridgehead atoms. The molecule has 3 rings (SSSR count). The van der Waals surface area contributed by atoms with Crippen LogP contribution in [0.25, 0.3) is 0 Å². The van der Waals surface area contributed by atoms with Gasteiger partial charge in [0.25, 0.3) is 0 Å². The Morgan fingerprint density at radius 3 is 2.96 bits per heavy atom. The van der Waals surface area contributed by atoms with Crippen molar-refractivity contribution < 1.29 is 17.9 Å². The van der Waals surface area contributed by atoms with E-state index in [9.17, 15) is 8.42 Å². The Morgan fingerprint density at radius 1 is 1.43 bits per heavy atom. The van der Waals surface area contributed by atoms with Gasteiger partial charge in [-0.2, -0.15) is 4.31 Å². The van der Waals surface area contributed by atoms with Crippen LogP contribution in [0.15, 0.2) is 18.5 Å². The summed E-state index contributed by atoms with van der Waals surface area (Å²) >= 11 is 0. The summed E-state index contributed by atoms with van der Waals surface area (Å²) in [5.74, 6) is 0.852. The van der Waals surface area contributed by atoms with Gasteiger partial charge in [0.2, 0.25) is 16.0 Å². The summed E-state index contributed by atoms with van der Waals surface area (Å²) in [6.07, 6.45) is 5.35. The van der Waals surface area contributed by atoms with Crippen LogP contribution in [0.4, 0.5) is 5.95 Å². The van der Waals surface area contributed by atoms with Crippen LogP contribution in [0.1, 0.15) is 6.42 Å². The van der Waals surface area contributed by atoms with Gasteiger partial charge in [0.15, 0.2) is 0 Å². The maximum atomic E-state index is 11.9. The standard InChI is InChI=1S/C14H22N4O4S/c1-23(19,20)18-5-6-21-11-14(10-18)7-12(9-22-14)8-17-13-15-3-2-4-16-13/h2-4,12H,5-11H2,1H3,(H,15,16,17)/t12-,14+/m0/s1. The van der Waals surface area contributed by atoms with Crippen molar-refractivity contribution >= 4 is 16.0 Å². The van der Waals surface area contributed by atoms with E-state index < -0.39 is 15.6 Å². The zero-order valence-electron chi connectivity index (χ0n) is 13.1. The summed E-state index contributed by atoms with van der Waals surface area (Å²) in [5, 5.41) is 3.19. The lowest BCUT2D eigenvalue weighted by Crippen LogP contribution is -2.46. The number of sulfonamides is 1. The fourth-order valence-corrected chi connectivity index (χ4v) is 3.94. The molecular formula is C14H22N4O4S. The van der Waals surface area contributed by atoms with Crippen molar-refractivity contribution in [2.45, 2.75) is 12.0 Å². The second-order valence-corrected chi connectivity index (χ2v) is 8.15. The van der Waals surface area contributed by atoms with E-state index in [1.807, 2.05) is 0 Å². The number of rotatable bonds is 4. The van der Waals surface area contributed by atoms with E-state index in [0.717, 1.165) is 6.42 Å². The lowest BCUT2D eigenvalue weighted by Gasteiger charge is -2.29. The smallest absolute Gasteiger partial charge is 0.222 e. The summed E-state index contributed by atoms with van der Waals surface area (Å²) in [5.41, 5.74) is -0.552. The number of anilines is 1. The molecule has 0 unspecified atom stereocenters. The van der Waals surface area contributed by atoms with Crippen LogP contribution in [0, 0.1) is 5.92 Å². The van der Waals surface area contributed by atoms with Gasteiger partial charge >= 0.3 is 0 Å². The molecule has 1 spiro atoms. The molecule has 2 fully saturated rings. The fourth-order valence-electron chi connectivity index (χ4n) is 3.06. The first-order valence-electron chi connectivity index (χ1n) is 7.65. The Labute approximate surface area is 136 Å². The molecule has 0 saturated carbocycles. The molecule has 2 aliphatic heterocycles. The van der Waals surface area contributed by atoms with Gasteiger partial charge in [-0.15, -0.1) is 0 Å². The molecule has 3 heterocycles. The maximum Gasteiger partial charge on any atom is 0.222 e. The number of aromatic nitrogens is 2. The lowest BCUT2D eigenvalue weighted by molar-refractivity contribution is -0.0511. The Balaban J connectivity index is 1.60. The zero-order chi connectivity index (χ0) is 16.3. The molecule has 1 aromatic heterocycles. The van der Waals surface area contributed by atoms with Gasteiger partial charge in [0, 0.05) is 37.9 Å². The predicted molar refractivity (Wildman–Crippen MR) is 84.5 cm³/mol. The fraction of sp³-hybridized carbons (Fsp3) is 0.714. The molecule has 23 heavy (non-hydrogen) atoms. The van der Waals surface area contributed by atoms with Crippen molar-refractivity contribution in [3.05, 3.63) is 18.5 Å². The summed E-state index contributed by atoms with van der Waals surface area (Å²) in [7, 11) is -3.25. The van der Waals surface area contributed by atoms with Gasteiger partial charge in [-0.05, 0) is 12.5 Å². The molecule has 0 aliphatic carbocycles. The minimum Gasteiger partial charge on any atom is -0.377 e. The highest BCUT2D eigenvalue weighted by Gasteiger charge is 2.44. The topological polar surface area (TPSA) is 93.7 Å². The van der Waals surface area contributed by atoms with Crippen molar-refractivity contribution in [3.63, 3.8) is 0 Å². The Hall–Kier alpha value is -1.29.